The highest BCUT2D eigenvalue weighted by molar-refractivity contribution is 7.16. The molecular formula is C28H22Cl2F3N5O5S. The summed E-state index contributed by atoms with van der Waals surface area (Å²) in [6.07, 6.45) is -4.61. The van der Waals surface area contributed by atoms with E-state index < -0.39 is 23.7 Å². The molecule has 2 aromatic carbocycles. The summed E-state index contributed by atoms with van der Waals surface area (Å²) in [5, 5.41) is 24.0. The Kier molecular flexibility index (Phi) is 10.2. The van der Waals surface area contributed by atoms with E-state index in [2.05, 4.69) is 20.6 Å². The summed E-state index contributed by atoms with van der Waals surface area (Å²) < 4.78 is 32.4. The van der Waals surface area contributed by atoms with Crippen molar-refractivity contribution < 1.29 is 33.0 Å². The van der Waals surface area contributed by atoms with E-state index in [9.17, 15) is 27.9 Å². The summed E-state index contributed by atoms with van der Waals surface area (Å²) in [4.78, 5) is 44.8. The first-order chi connectivity index (χ1) is 20.8. The zero-order valence-electron chi connectivity index (χ0n) is 22.2. The number of carboxylic acid groups (broad SMARTS) is 1. The van der Waals surface area contributed by atoms with Crippen LogP contribution < -0.4 is 16.2 Å². The summed E-state index contributed by atoms with van der Waals surface area (Å²) in [7, 11) is 0. The predicted molar refractivity (Wildman–Crippen MR) is 160 cm³/mol. The van der Waals surface area contributed by atoms with Gasteiger partial charge < -0.3 is 30.8 Å². The highest BCUT2D eigenvalue weighted by Gasteiger charge is 2.38. The molecule has 0 aliphatic carbocycles. The molecule has 10 nitrogen and oxygen atoms in total. The fourth-order valence-corrected chi connectivity index (χ4v) is 5.27. The molecule has 6 N–H and O–H groups in total. The molecule has 3 heterocycles. The van der Waals surface area contributed by atoms with Crippen molar-refractivity contribution in [2.24, 2.45) is 0 Å². The minimum atomic E-state index is -5.08. The second-order valence-electron chi connectivity index (χ2n) is 9.14. The molecule has 0 radical (unpaired) electrons. The first kappa shape index (κ1) is 32.4. The lowest BCUT2D eigenvalue weighted by Crippen LogP contribution is -2.38. The number of carboxylic acids is 1. The summed E-state index contributed by atoms with van der Waals surface area (Å²) in [5.41, 5.74) is 2.20. The normalized spacial score (nSPS) is 11.8. The second kappa shape index (κ2) is 13.8. The highest BCUT2D eigenvalue weighted by atomic mass is 35.5. The number of carbonyl (C=O) groups is 2. The largest absolute Gasteiger partial charge is 0.507 e. The van der Waals surface area contributed by atoms with Crippen molar-refractivity contribution in [3.8, 4) is 17.0 Å². The molecule has 2 amide bonds. The van der Waals surface area contributed by atoms with Gasteiger partial charge in [0.15, 0.2) is 0 Å². The number of alkyl halides is 3. The van der Waals surface area contributed by atoms with Crippen LogP contribution in [0.1, 0.15) is 22.3 Å². The van der Waals surface area contributed by atoms with Crippen LogP contribution in [0.15, 0.2) is 71.5 Å². The lowest BCUT2D eigenvalue weighted by Gasteiger charge is -2.17. The fraction of sp³-hybridized carbons (Fsp3) is 0.143. The van der Waals surface area contributed by atoms with Crippen molar-refractivity contribution in [2.45, 2.75) is 25.2 Å². The van der Waals surface area contributed by atoms with Crippen molar-refractivity contribution in [1.82, 2.24) is 25.6 Å². The van der Waals surface area contributed by atoms with Gasteiger partial charge in [0.1, 0.15) is 22.4 Å². The van der Waals surface area contributed by atoms with Gasteiger partial charge in [0.05, 0.1) is 22.4 Å². The van der Waals surface area contributed by atoms with Crippen LogP contribution in [-0.2, 0) is 17.8 Å². The topological polar surface area (TPSA) is 160 Å². The van der Waals surface area contributed by atoms with Crippen molar-refractivity contribution in [3.05, 3.63) is 103 Å². The third-order valence-corrected chi connectivity index (χ3v) is 7.49. The maximum atomic E-state index is 12.8. The molecule has 44 heavy (non-hydrogen) atoms. The lowest BCUT2D eigenvalue weighted by molar-refractivity contribution is -0.192. The molecule has 0 saturated heterocycles. The Morgan fingerprint density at radius 2 is 1.73 bits per heavy atom. The van der Waals surface area contributed by atoms with Gasteiger partial charge in [-0.05, 0) is 36.2 Å². The van der Waals surface area contributed by atoms with E-state index in [4.69, 9.17) is 38.1 Å². The predicted octanol–water partition coefficient (Wildman–Crippen LogP) is 6.41. The summed E-state index contributed by atoms with van der Waals surface area (Å²) >= 11 is 13.9. The van der Waals surface area contributed by atoms with Crippen LogP contribution in [0.4, 0.5) is 18.0 Å². The number of imidazole rings is 1. The number of aromatic hydroxyl groups is 1. The number of aliphatic carboxylic acids is 1. The van der Waals surface area contributed by atoms with E-state index in [-0.39, 0.29) is 16.9 Å². The quantitative estimate of drug-likeness (QED) is 0.118. The molecule has 5 rings (SSSR count). The number of nitrogens with zero attached hydrogens (tertiary/aromatic N) is 1. The Balaban J connectivity index is 0.000000566. The number of benzene rings is 2. The van der Waals surface area contributed by atoms with Gasteiger partial charge >= 0.3 is 18.2 Å². The van der Waals surface area contributed by atoms with Gasteiger partial charge in [0.25, 0.3) is 5.56 Å². The van der Waals surface area contributed by atoms with E-state index >= 15 is 0 Å². The number of carbonyl (C=O) groups excluding carboxylic acids is 1. The van der Waals surface area contributed by atoms with Gasteiger partial charge in [0, 0.05) is 21.9 Å². The van der Waals surface area contributed by atoms with E-state index in [1.165, 1.54) is 11.3 Å². The SMILES string of the molecule is O=C(NCc1ccc(Cl)s1)N[C@@H](Cc1ccccc1)c1nc(-c2ccc3[nH]c(=O)cc(O)c3c2)c(Cl)[nH]1.O=C(O)C(F)(F)F. The number of H-pyrrole nitrogens is 2. The fourth-order valence-electron chi connectivity index (χ4n) is 4.00. The van der Waals surface area contributed by atoms with Crippen LogP contribution in [0.2, 0.25) is 9.49 Å². The number of fused-ring (bicyclic) bond motifs is 1. The number of hydrogen-bond donors (Lipinski definition) is 6. The number of rotatable bonds is 7. The molecule has 16 heteroatoms. The molecule has 0 unspecified atom stereocenters. The Bertz CT molecular complexity index is 1840. The summed E-state index contributed by atoms with van der Waals surface area (Å²) in [5.74, 6) is -2.42. The maximum absolute atomic E-state index is 12.8. The first-order valence-electron chi connectivity index (χ1n) is 12.5. The number of pyridine rings is 1. The molecule has 3 aromatic heterocycles. The van der Waals surface area contributed by atoms with E-state index in [0.29, 0.717) is 45.3 Å². The van der Waals surface area contributed by atoms with Crippen molar-refractivity contribution >= 4 is 57.4 Å². The van der Waals surface area contributed by atoms with Gasteiger partial charge in [-0.3, -0.25) is 4.79 Å². The number of amides is 2. The van der Waals surface area contributed by atoms with Gasteiger partial charge in [-0.15, -0.1) is 11.3 Å². The number of aromatic nitrogens is 3. The smallest absolute Gasteiger partial charge is 0.490 e. The van der Waals surface area contributed by atoms with Gasteiger partial charge in [-0.2, -0.15) is 13.2 Å². The van der Waals surface area contributed by atoms with Crippen molar-refractivity contribution in [3.63, 3.8) is 0 Å². The van der Waals surface area contributed by atoms with Crippen LogP contribution in [0.25, 0.3) is 22.2 Å². The van der Waals surface area contributed by atoms with Crippen molar-refractivity contribution in [1.29, 1.82) is 0 Å². The standard InChI is InChI=1S/C26H21Cl2N5O3S.C2HF3O2/c27-21-9-7-16(37-21)13-29-26(36)31-19(10-14-4-2-1-3-5-14)25-32-23(24(28)33-25)15-6-8-18-17(11-15)20(34)12-22(35)30-18;3-2(4,5)1(6)7/h1-9,11-12,19H,10,13H2,(H,32,33)(H2,29,31,36)(H2,30,34,35);(H,6,7)/t19-;/m0./s1. The van der Waals surface area contributed by atoms with Crippen LogP contribution in [0, 0.1) is 0 Å². The lowest BCUT2D eigenvalue weighted by atomic mass is 10.1. The Hall–Kier alpha value is -4.53. The number of urea groups is 1. The number of halogens is 5. The maximum Gasteiger partial charge on any atom is 0.490 e. The molecule has 0 saturated carbocycles. The molecule has 0 bridgehead atoms. The molecule has 5 aromatic rings. The minimum absolute atomic E-state index is 0.139. The molecule has 0 fully saturated rings. The van der Waals surface area contributed by atoms with Crippen LogP contribution in [0.3, 0.4) is 0 Å². The van der Waals surface area contributed by atoms with E-state index in [1.807, 2.05) is 36.4 Å². The summed E-state index contributed by atoms with van der Waals surface area (Å²) in [6.45, 7) is 0.341. The Labute approximate surface area is 260 Å². The zero-order chi connectivity index (χ0) is 32.0. The Morgan fingerprint density at radius 3 is 2.36 bits per heavy atom. The second-order valence-corrected chi connectivity index (χ2v) is 11.3. The highest BCUT2D eigenvalue weighted by Crippen LogP contribution is 2.32. The third kappa shape index (κ3) is 8.52. The number of thiophene rings is 1. The zero-order valence-corrected chi connectivity index (χ0v) is 24.5. The van der Waals surface area contributed by atoms with Crippen LogP contribution in [-0.4, -0.2) is 43.3 Å². The molecule has 230 valence electrons. The van der Waals surface area contributed by atoms with Crippen LogP contribution >= 0.6 is 34.5 Å². The third-order valence-electron chi connectivity index (χ3n) is 5.99. The molecule has 0 spiro atoms. The number of hydrogen-bond acceptors (Lipinski definition) is 6. The molecule has 1 atom stereocenters. The van der Waals surface area contributed by atoms with Gasteiger partial charge in [-0.1, -0.05) is 59.6 Å². The first-order valence-corrected chi connectivity index (χ1v) is 14.1. The van der Waals surface area contributed by atoms with Crippen molar-refractivity contribution in [2.75, 3.05) is 0 Å². The minimum Gasteiger partial charge on any atom is -0.507 e. The number of nitrogens with one attached hydrogen (secondary N) is 4. The van der Waals surface area contributed by atoms with Gasteiger partial charge in [0.2, 0.25) is 0 Å². The molecule has 0 aliphatic rings. The summed E-state index contributed by atoms with van der Waals surface area (Å²) in [6, 6.07) is 18.8. The molecular weight excluding hydrogens is 646 g/mol. The van der Waals surface area contributed by atoms with E-state index in [0.717, 1.165) is 16.5 Å². The average Bonchev–Trinajstić information content (AvgIpc) is 3.56. The average molecular weight is 668 g/mol. The molecule has 0 aliphatic heterocycles. The Morgan fingerprint density at radius 1 is 1.02 bits per heavy atom. The monoisotopic (exact) mass is 667 g/mol. The van der Waals surface area contributed by atoms with Crippen LogP contribution in [0.5, 0.6) is 5.75 Å². The number of aromatic amines is 2. The van der Waals surface area contributed by atoms with E-state index in [1.54, 1.807) is 24.3 Å². The van der Waals surface area contributed by atoms with Gasteiger partial charge in [-0.25, -0.2) is 14.6 Å².